The summed E-state index contributed by atoms with van der Waals surface area (Å²) in [5.74, 6) is 0. The Hall–Kier alpha value is -1.12. The Morgan fingerprint density at radius 3 is 2.15 bits per heavy atom. The Kier molecular flexibility index (Phi) is 5.55. The summed E-state index contributed by atoms with van der Waals surface area (Å²) < 4.78 is 61.7. The molecular weight excluding hydrogens is 295 g/mol. The Balaban J connectivity index is 3.01. The van der Waals surface area contributed by atoms with Crippen LogP contribution in [0.4, 0.5) is 13.2 Å². The normalized spacial score (nSPS) is 12.9. The molecule has 0 aliphatic heterocycles. The zero-order chi connectivity index (χ0) is 15.4. The Labute approximate surface area is 115 Å². The number of rotatable bonds is 6. The molecule has 8 heteroatoms. The van der Waals surface area contributed by atoms with Crippen LogP contribution >= 0.6 is 0 Å². The summed E-state index contributed by atoms with van der Waals surface area (Å²) in [5, 5.41) is 8.75. The van der Waals surface area contributed by atoms with Gasteiger partial charge in [0.1, 0.15) is 6.54 Å². The smallest absolute Gasteiger partial charge is 0.396 e. The molecule has 0 fully saturated rings. The molecule has 1 aromatic rings. The van der Waals surface area contributed by atoms with Crippen LogP contribution in [-0.2, 0) is 16.4 Å². The molecular formula is C12H16F3NO3S. The quantitative estimate of drug-likeness (QED) is 0.871. The van der Waals surface area contributed by atoms with Gasteiger partial charge in [0.25, 0.3) is 0 Å². The summed E-state index contributed by atoms with van der Waals surface area (Å²) in [6, 6.07) is 5.45. The molecule has 0 amide bonds. The number of aliphatic hydroxyl groups excluding tert-OH is 1. The summed E-state index contributed by atoms with van der Waals surface area (Å²) in [7, 11) is -4.17. The van der Waals surface area contributed by atoms with Gasteiger partial charge in [0.15, 0.2) is 0 Å². The van der Waals surface area contributed by atoms with E-state index in [-0.39, 0.29) is 18.0 Å². The van der Waals surface area contributed by atoms with Crippen molar-refractivity contribution in [3.8, 4) is 0 Å². The van der Waals surface area contributed by atoms with Crippen LogP contribution in [0.1, 0.15) is 12.5 Å². The van der Waals surface area contributed by atoms with Gasteiger partial charge in [-0.2, -0.15) is 17.5 Å². The number of nitrogens with zero attached hydrogens (tertiary/aromatic N) is 1. The van der Waals surface area contributed by atoms with E-state index in [2.05, 4.69) is 0 Å². The van der Waals surface area contributed by atoms with E-state index in [1.54, 1.807) is 0 Å². The molecule has 0 atom stereocenters. The molecule has 1 N–H and O–H groups in total. The second-order valence-electron chi connectivity index (χ2n) is 4.16. The van der Waals surface area contributed by atoms with Gasteiger partial charge in [0.2, 0.25) is 10.0 Å². The molecule has 0 aliphatic carbocycles. The molecule has 0 bridgehead atoms. The van der Waals surface area contributed by atoms with E-state index in [0.29, 0.717) is 16.3 Å². The fourth-order valence-corrected chi connectivity index (χ4v) is 3.11. The Morgan fingerprint density at radius 2 is 1.75 bits per heavy atom. The van der Waals surface area contributed by atoms with Crippen molar-refractivity contribution in [1.82, 2.24) is 4.31 Å². The van der Waals surface area contributed by atoms with Crippen LogP contribution in [0.3, 0.4) is 0 Å². The van der Waals surface area contributed by atoms with E-state index in [1.807, 2.05) is 0 Å². The second-order valence-corrected chi connectivity index (χ2v) is 6.10. The van der Waals surface area contributed by atoms with Crippen LogP contribution in [0.5, 0.6) is 0 Å². The molecule has 4 nitrogen and oxygen atoms in total. The maximum atomic E-state index is 12.4. The van der Waals surface area contributed by atoms with Crippen molar-refractivity contribution in [2.24, 2.45) is 0 Å². The molecule has 0 saturated heterocycles. The van der Waals surface area contributed by atoms with Gasteiger partial charge in [-0.15, -0.1) is 0 Å². The number of hydrogen-bond donors (Lipinski definition) is 1. The molecule has 0 aromatic heterocycles. The SMILES string of the molecule is CCN(CC(F)(F)F)S(=O)(=O)c1ccc(CCO)cc1. The van der Waals surface area contributed by atoms with Crippen molar-refractivity contribution in [2.75, 3.05) is 19.7 Å². The zero-order valence-corrected chi connectivity index (χ0v) is 11.7. The lowest BCUT2D eigenvalue weighted by atomic mass is 10.2. The van der Waals surface area contributed by atoms with Crippen molar-refractivity contribution >= 4 is 10.0 Å². The van der Waals surface area contributed by atoms with E-state index < -0.39 is 22.7 Å². The molecule has 0 radical (unpaired) electrons. The molecule has 1 rings (SSSR count). The van der Waals surface area contributed by atoms with Gasteiger partial charge in [0.05, 0.1) is 4.90 Å². The highest BCUT2D eigenvalue weighted by Gasteiger charge is 2.36. The van der Waals surface area contributed by atoms with E-state index in [0.717, 1.165) is 0 Å². The number of alkyl halides is 3. The van der Waals surface area contributed by atoms with Gasteiger partial charge < -0.3 is 5.11 Å². The number of sulfonamides is 1. The third kappa shape index (κ3) is 4.46. The summed E-state index contributed by atoms with van der Waals surface area (Å²) in [6.07, 6.45) is -4.22. The van der Waals surface area contributed by atoms with Gasteiger partial charge in [-0.3, -0.25) is 0 Å². The number of benzene rings is 1. The number of aliphatic hydroxyl groups is 1. The lowest BCUT2D eigenvalue weighted by Crippen LogP contribution is -2.38. The minimum Gasteiger partial charge on any atom is -0.396 e. The predicted molar refractivity (Wildman–Crippen MR) is 67.7 cm³/mol. The Morgan fingerprint density at radius 1 is 1.20 bits per heavy atom. The first kappa shape index (κ1) is 16.9. The maximum Gasteiger partial charge on any atom is 0.402 e. The third-order valence-electron chi connectivity index (χ3n) is 2.67. The van der Waals surface area contributed by atoms with Crippen LogP contribution in [0.2, 0.25) is 0 Å². The van der Waals surface area contributed by atoms with Crippen molar-refractivity contribution < 1.29 is 26.7 Å². The van der Waals surface area contributed by atoms with Crippen molar-refractivity contribution in [1.29, 1.82) is 0 Å². The lowest BCUT2D eigenvalue weighted by Gasteiger charge is -2.21. The van der Waals surface area contributed by atoms with E-state index in [1.165, 1.54) is 31.2 Å². The number of hydrogen-bond acceptors (Lipinski definition) is 3. The first-order valence-corrected chi connectivity index (χ1v) is 7.41. The maximum absolute atomic E-state index is 12.4. The van der Waals surface area contributed by atoms with Crippen molar-refractivity contribution in [3.63, 3.8) is 0 Å². The fourth-order valence-electron chi connectivity index (χ4n) is 1.67. The minimum atomic E-state index is -4.58. The molecule has 1 aromatic carbocycles. The highest BCUT2D eigenvalue weighted by Crippen LogP contribution is 2.22. The summed E-state index contributed by atoms with van der Waals surface area (Å²) in [6.45, 7) is -0.505. The minimum absolute atomic E-state index is 0.0821. The average molecular weight is 311 g/mol. The van der Waals surface area contributed by atoms with E-state index >= 15 is 0 Å². The number of halogens is 3. The molecule has 114 valence electrons. The van der Waals surface area contributed by atoms with Crippen LogP contribution < -0.4 is 0 Å². The third-order valence-corrected chi connectivity index (χ3v) is 4.60. The summed E-state index contributed by atoms with van der Waals surface area (Å²) in [4.78, 5) is -0.190. The molecule has 20 heavy (non-hydrogen) atoms. The van der Waals surface area contributed by atoms with Crippen molar-refractivity contribution in [3.05, 3.63) is 29.8 Å². The monoisotopic (exact) mass is 311 g/mol. The second kappa shape index (κ2) is 6.55. The van der Waals surface area contributed by atoms with Gasteiger partial charge in [-0.05, 0) is 24.1 Å². The first-order valence-electron chi connectivity index (χ1n) is 5.97. The first-order chi connectivity index (χ1) is 9.20. The van der Waals surface area contributed by atoms with Crippen LogP contribution in [0.25, 0.3) is 0 Å². The van der Waals surface area contributed by atoms with Gasteiger partial charge in [-0.1, -0.05) is 19.1 Å². The van der Waals surface area contributed by atoms with Crippen molar-refractivity contribution in [2.45, 2.75) is 24.4 Å². The Bertz CT molecular complexity index is 526. The molecule has 0 saturated carbocycles. The molecule has 0 unspecified atom stereocenters. The van der Waals surface area contributed by atoms with E-state index in [9.17, 15) is 21.6 Å². The van der Waals surface area contributed by atoms with Crippen LogP contribution in [-0.4, -0.2) is 43.7 Å². The van der Waals surface area contributed by atoms with Crippen LogP contribution in [0, 0.1) is 0 Å². The lowest BCUT2D eigenvalue weighted by molar-refractivity contribution is -0.135. The average Bonchev–Trinajstić information content (AvgIpc) is 2.36. The highest BCUT2D eigenvalue weighted by molar-refractivity contribution is 7.89. The van der Waals surface area contributed by atoms with Crippen LogP contribution in [0.15, 0.2) is 29.2 Å². The van der Waals surface area contributed by atoms with Gasteiger partial charge in [-0.25, -0.2) is 8.42 Å². The summed E-state index contributed by atoms with van der Waals surface area (Å²) in [5.41, 5.74) is 0.713. The van der Waals surface area contributed by atoms with E-state index in [4.69, 9.17) is 5.11 Å². The van der Waals surface area contributed by atoms with Gasteiger partial charge >= 0.3 is 6.18 Å². The molecule has 0 spiro atoms. The zero-order valence-electron chi connectivity index (χ0n) is 10.9. The molecule has 0 aliphatic rings. The largest absolute Gasteiger partial charge is 0.402 e. The highest BCUT2D eigenvalue weighted by atomic mass is 32.2. The molecule has 0 heterocycles. The van der Waals surface area contributed by atoms with Gasteiger partial charge in [0, 0.05) is 13.2 Å². The summed E-state index contributed by atoms with van der Waals surface area (Å²) >= 11 is 0. The standard InChI is InChI=1S/C12H16F3NO3S/c1-2-16(9-12(13,14)15)20(18,19)11-5-3-10(4-6-11)7-8-17/h3-6,17H,2,7-9H2,1H3. The fraction of sp³-hybridized carbons (Fsp3) is 0.500. The topological polar surface area (TPSA) is 57.6 Å². The predicted octanol–water partition coefficient (Wildman–Crippen LogP) is 1.79.